The van der Waals surface area contributed by atoms with Crippen LogP contribution in [0.1, 0.15) is 0 Å². The number of nitrogen functional groups attached to an aromatic ring is 1. The van der Waals surface area contributed by atoms with E-state index in [9.17, 15) is 0 Å². The molecule has 70 valence electrons. The van der Waals surface area contributed by atoms with E-state index in [1.807, 2.05) is 12.1 Å². The summed E-state index contributed by atoms with van der Waals surface area (Å²) in [5.74, 6) is 0. The Bertz CT molecular complexity index is 444. The fourth-order valence-corrected chi connectivity index (χ4v) is 1.14. The predicted molar refractivity (Wildman–Crippen MR) is 54.7 cm³/mol. The molecule has 2 aromatic rings. The molecule has 4 nitrogen and oxygen atoms in total. The minimum absolute atomic E-state index is 0.220. The second-order valence-corrected chi connectivity index (χ2v) is 3.08. The molecule has 0 saturated heterocycles. The van der Waals surface area contributed by atoms with Gasteiger partial charge in [-0.3, -0.25) is 4.98 Å². The maximum absolute atomic E-state index is 5.65. The van der Waals surface area contributed by atoms with E-state index in [4.69, 9.17) is 17.3 Å². The highest BCUT2D eigenvalue weighted by Gasteiger charge is 2.03. The lowest BCUT2D eigenvalue weighted by Crippen LogP contribution is -1.94. The Hall–Kier alpha value is -1.68. The highest BCUT2D eigenvalue weighted by molar-refractivity contribution is 6.31. The normalized spacial score (nSPS) is 10.1. The quantitative estimate of drug-likeness (QED) is 0.773. The van der Waals surface area contributed by atoms with Crippen molar-refractivity contribution in [2.45, 2.75) is 0 Å². The summed E-state index contributed by atoms with van der Waals surface area (Å²) in [6.45, 7) is 0. The van der Waals surface area contributed by atoms with Gasteiger partial charge in [0.25, 0.3) is 0 Å². The van der Waals surface area contributed by atoms with Gasteiger partial charge < -0.3 is 5.73 Å². The minimum atomic E-state index is 0.220. The van der Waals surface area contributed by atoms with Gasteiger partial charge in [-0.1, -0.05) is 11.6 Å². The van der Waals surface area contributed by atoms with Crippen LogP contribution < -0.4 is 5.73 Å². The van der Waals surface area contributed by atoms with Crippen LogP contribution in [0.4, 0.5) is 5.69 Å². The Morgan fingerprint density at radius 3 is 2.79 bits per heavy atom. The molecule has 5 heteroatoms. The smallest absolute Gasteiger partial charge is 0.174 e. The molecule has 2 rings (SSSR count). The lowest BCUT2D eigenvalue weighted by Gasteiger charge is -2.00. The van der Waals surface area contributed by atoms with Crippen LogP contribution in [-0.2, 0) is 0 Å². The molecule has 0 saturated carbocycles. The Balaban J connectivity index is 2.48. The van der Waals surface area contributed by atoms with Gasteiger partial charge >= 0.3 is 0 Å². The van der Waals surface area contributed by atoms with E-state index < -0.39 is 0 Å². The van der Waals surface area contributed by atoms with Crippen LogP contribution in [0.25, 0.3) is 11.3 Å². The zero-order valence-electron chi connectivity index (χ0n) is 7.18. The standard InChI is InChI=1S/C9H7ClN4/c10-9-7(11)4-8(13-14-9)6-2-1-3-12-5-6/h1-5H,(H2,11,13). The molecule has 0 aliphatic carbocycles. The first kappa shape index (κ1) is 8.90. The molecule has 0 aliphatic heterocycles. The van der Waals surface area contributed by atoms with Gasteiger partial charge in [-0.05, 0) is 18.2 Å². The lowest BCUT2D eigenvalue weighted by molar-refractivity contribution is 1.04. The summed E-state index contributed by atoms with van der Waals surface area (Å²) in [6.07, 6.45) is 3.38. The van der Waals surface area contributed by atoms with Crippen LogP contribution in [-0.4, -0.2) is 15.2 Å². The first-order valence-corrected chi connectivity index (χ1v) is 4.34. The number of anilines is 1. The number of hydrogen-bond donors (Lipinski definition) is 1. The topological polar surface area (TPSA) is 64.7 Å². The highest BCUT2D eigenvalue weighted by atomic mass is 35.5. The summed E-state index contributed by atoms with van der Waals surface area (Å²) >= 11 is 5.65. The third kappa shape index (κ3) is 1.65. The molecule has 14 heavy (non-hydrogen) atoms. The maximum atomic E-state index is 5.65. The summed E-state index contributed by atoms with van der Waals surface area (Å²) in [4.78, 5) is 3.97. The van der Waals surface area contributed by atoms with Crippen LogP contribution in [0.15, 0.2) is 30.6 Å². The average Bonchev–Trinajstić information content (AvgIpc) is 2.23. The van der Waals surface area contributed by atoms with Crippen molar-refractivity contribution in [3.05, 3.63) is 35.7 Å². The highest BCUT2D eigenvalue weighted by Crippen LogP contribution is 2.20. The Morgan fingerprint density at radius 1 is 1.29 bits per heavy atom. The van der Waals surface area contributed by atoms with Gasteiger partial charge in [0.2, 0.25) is 0 Å². The third-order valence-electron chi connectivity index (χ3n) is 1.73. The molecule has 0 amide bonds. The van der Waals surface area contributed by atoms with Crippen molar-refractivity contribution in [1.29, 1.82) is 0 Å². The average molecular weight is 207 g/mol. The van der Waals surface area contributed by atoms with Crippen molar-refractivity contribution in [1.82, 2.24) is 15.2 Å². The largest absolute Gasteiger partial charge is 0.396 e. The van der Waals surface area contributed by atoms with Crippen molar-refractivity contribution in [2.24, 2.45) is 0 Å². The zero-order valence-corrected chi connectivity index (χ0v) is 7.94. The van der Waals surface area contributed by atoms with Gasteiger partial charge in [0, 0.05) is 18.0 Å². The number of halogens is 1. The molecule has 0 spiro atoms. The summed E-state index contributed by atoms with van der Waals surface area (Å²) in [5, 5.41) is 7.85. The van der Waals surface area contributed by atoms with E-state index in [1.54, 1.807) is 18.5 Å². The summed E-state index contributed by atoms with van der Waals surface area (Å²) in [5.41, 5.74) is 7.55. The molecule has 0 unspecified atom stereocenters. The summed E-state index contributed by atoms with van der Waals surface area (Å²) < 4.78 is 0. The van der Waals surface area contributed by atoms with Gasteiger partial charge in [-0.15, -0.1) is 10.2 Å². The molecule has 0 fully saturated rings. The number of hydrogen-bond acceptors (Lipinski definition) is 4. The first-order chi connectivity index (χ1) is 6.77. The molecular weight excluding hydrogens is 200 g/mol. The second kappa shape index (κ2) is 3.59. The number of nitrogens with zero attached hydrogens (tertiary/aromatic N) is 3. The molecule has 2 aromatic heterocycles. The van der Waals surface area contributed by atoms with Crippen LogP contribution in [0, 0.1) is 0 Å². The van der Waals surface area contributed by atoms with Gasteiger partial charge in [0.1, 0.15) is 0 Å². The van der Waals surface area contributed by atoms with E-state index >= 15 is 0 Å². The fourth-order valence-electron chi connectivity index (χ4n) is 1.05. The van der Waals surface area contributed by atoms with Crippen molar-refractivity contribution in [3.8, 4) is 11.3 Å². The van der Waals surface area contributed by atoms with Crippen LogP contribution in [0.2, 0.25) is 5.15 Å². The second-order valence-electron chi connectivity index (χ2n) is 2.72. The van der Waals surface area contributed by atoms with E-state index in [2.05, 4.69) is 15.2 Å². The fraction of sp³-hybridized carbons (Fsp3) is 0. The minimum Gasteiger partial charge on any atom is -0.396 e. The number of nitrogens with two attached hydrogens (primary N) is 1. The predicted octanol–water partition coefficient (Wildman–Crippen LogP) is 1.77. The molecule has 0 aliphatic rings. The molecule has 2 heterocycles. The molecule has 0 atom stereocenters. The van der Waals surface area contributed by atoms with E-state index in [1.165, 1.54) is 0 Å². The van der Waals surface area contributed by atoms with Crippen LogP contribution in [0.5, 0.6) is 0 Å². The van der Waals surface area contributed by atoms with E-state index in [0.29, 0.717) is 11.4 Å². The van der Waals surface area contributed by atoms with Crippen LogP contribution >= 0.6 is 11.6 Å². The van der Waals surface area contributed by atoms with Crippen molar-refractivity contribution < 1.29 is 0 Å². The van der Waals surface area contributed by atoms with Gasteiger partial charge in [-0.25, -0.2) is 0 Å². The maximum Gasteiger partial charge on any atom is 0.174 e. The molecule has 0 radical (unpaired) electrons. The van der Waals surface area contributed by atoms with Gasteiger partial charge in [0.15, 0.2) is 5.15 Å². The number of rotatable bonds is 1. The molecule has 0 aromatic carbocycles. The van der Waals surface area contributed by atoms with E-state index in [-0.39, 0.29) is 5.15 Å². The Morgan fingerprint density at radius 2 is 2.14 bits per heavy atom. The Kier molecular flexibility index (Phi) is 2.28. The van der Waals surface area contributed by atoms with Crippen molar-refractivity contribution in [2.75, 3.05) is 5.73 Å². The first-order valence-electron chi connectivity index (χ1n) is 3.96. The lowest BCUT2D eigenvalue weighted by atomic mass is 10.2. The molecular formula is C9H7ClN4. The molecule has 0 bridgehead atoms. The van der Waals surface area contributed by atoms with Gasteiger partial charge in [-0.2, -0.15) is 0 Å². The van der Waals surface area contributed by atoms with Gasteiger partial charge in [0.05, 0.1) is 11.4 Å². The zero-order chi connectivity index (χ0) is 9.97. The van der Waals surface area contributed by atoms with Crippen LogP contribution in [0.3, 0.4) is 0 Å². The summed E-state index contributed by atoms with van der Waals surface area (Å²) in [7, 11) is 0. The van der Waals surface area contributed by atoms with Crippen molar-refractivity contribution in [3.63, 3.8) is 0 Å². The SMILES string of the molecule is Nc1cc(-c2cccnc2)nnc1Cl. The molecule has 2 N–H and O–H groups in total. The summed E-state index contributed by atoms with van der Waals surface area (Å²) in [6, 6.07) is 5.37. The number of aromatic nitrogens is 3. The Labute approximate surface area is 85.8 Å². The van der Waals surface area contributed by atoms with Crippen molar-refractivity contribution >= 4 is 17.3 Å². The monoisotopic (exact) mass is 206 g/mol. The number of pyridine rings is 1. The third-order valence-corrected chi connectivity index (χ3v) is 2.03. The van der Waals surface area contributed by atoms with E-state index in [0.717, 1.165) is 5.56 Å².